The fraction of sp³-hybridized carbons (Fsp3) is 0.118. The van der Waals surface area contributed by atoms with Crippen molar-refractivity contribution < 1.29 is 14.3 Å². The van der Waals surface area contributed by atoms with Gasteiger partial charge >= 0.3 is 5.97 Å². The molecule has 0 aromatic heterocycles. The molecule has 0 unspecified atom stereocenters. The lowest BCUT2D eigenvalue weighted by molar-refractivity contribution is 0.0601. The molecule has 0 atom stereocenters. The topological polar surface area (TPSA) is 35.5 Å². The van der Waals surface area contributed by atoms with Crippen molar-refractivity contribution in [2.24, 2.45) is 0 Å². The van der Waals surface area contributed by atoms with Gasteiger partial charge in [0.1, 0.15) is 5.75 Å². The van der Waals surface area contributed by atoms with E-state index in [1.54, 1.807) is 19.2 Å². The summed E-state index contributed by atoms with van der Waals surface area (Å²) >= 11 is 0. The number of hydrogen-bond acceptors (Lipinski definition) is 3. The molecule has 0 saturated carbocycles. The third-order valence-corrected chi connectivity index (χ3v) is 2.89. The first kappa shape index (κ1) is 13.9. The Balaban J connectivity index is 2.12. The molecule has 0 heterocycles. The smallest absolute Gasteiger partial charge is 0.337 e. The summed E-state index contributed by atoms with van der Waals surface area (Å²) in [4.78, 5) is 11.3. The molecule has 102 valence electrons. The van der Waals surface area contributed by atoms with E-state index >= 15 is 0 Å². The number of carbonyl (C=O) groups excluding carboxylic acids is 1. The second-order valence-electron chi connectivity index (χ2n) is 4.22. The minimum atomic E-state index is -0.326. The van der Waals surface area contributed by atoms with E-state index in [1.165, 1.54) is 7.11 Å². The Morgan fingerprint density at radius 1 is 0.950 bits per heavy atom. The average molecular weight is 268 g/mol. The van der Waals surface area contributed by atoms with Gasteiger partial charge in [0.25, 0.3) is 0 Å². The summed E-state index contributed by atoms with van der Waals surface area (Å²) in [7, 11) is 3.02. The number of benzene rings is 2. The fourth-order valence-corrected chi connectivity index (χ4v) is 1.79. The average Bonchev–Trinajstić information content (AvgIpc) is 2.53. The first-order valence-electron chi connectivity index (χ1n) is 6.23. The maximum absolute atomic E-state index is 11.3. The maximum atomic E-state index is 11.3. The highest BCUT2D eigenvalue weighted by molar-refractivity contribution is 5.89. The van der Waals surface area contributed by atoms with Crippen LogP contribution in [0.2, 0.25) is 0 Å². The van der Waals surface area contributed by atoms with Crippen LogP contribution in [0.5, 0.6) is 5.75 Å². The molecule has 0 radical (unpaired) electrons. The van der Waals surface area contributed by atoms with Crippen LogP contribution >= 0.6 is 0 Å². The highest BCUT2D eigenvalue weighted by atomic mass is 16.5. The Labute approximate surface area is 118 Å². The molecule has 0 saturated heterocycles. The Morgan fingerprint density at radius 3 is 2.30 bits per heavy atom. The van der Waals surface area contributed by atoms with Crippen molar-refractivity contribution in [1.82, 2.24) is 0 Å². The standard InChI is InChI=1S/C17H16O3/c1-19-16-5-3-4-14(12-16)7-6-13-8-10-15(11-9-13)17(18)20-2/h3-12H,1-2H3. The molecule has 2 aromatic rings. The van der Waals surface area contributed by atoms with Gasteiger partial charge in [-0.3, -0.25) is 0 Å². The summed E-state index contributed by atoms with van der Waals surface area (Å²) in [5.41, 5.74) is 2.62. The van der Waals surface area contributed by atoms with E-state index in [-0.39, 0.29) is 5.97 Å². The number of ether oxygens (including phenoxy) is 2. The molecule has 0 spiro atoms. The van der Waals surface area contributed by atoms with Gasteiger partial charge in [-0.2, -0.15) is 0 Å². The normalized spacial score (nSPS) is 10.5. The van der Waals surface area contributed by atoms with Crippen molar-refractivity contribution in [2.75, 3.05) is 14.2 Å². The van der Waals surface area contributed by atoms with E-state index < -0.39 is 0 Å². The van der Waals surface area contributed by atoms with Crippen LogP contribution < -0.4 is 4.74 Å². The van der Waals surface area contributed by atoms with Gasteiger partial charge in [-0.1, -0.05) is 36.4 Å². The summed E-state index contributed by atoms with van der Waals surface area (Å²) < 4.78 is 9.84. The van der Waals surface area contributed by atoms with Gasteiger partial charge in [0.15, 0.2) is 0 Å². The zero-order valence-electron chi connectivity index (χ0n) is 11.5. The van der Waals surface area contributed by atoms with Crippen molar-refractivity contribution in [2.45, 2.75) is 0 Å². The molecule has 3 nitrogen and oxygen atoms in total. The first-order chi connectivity index (χ1) is 9.72. The summed E-state index contributed by atoms with van der Waals surface area (Å²) in [5.74, 6) is 0.501. The van der Waals surface area contributed by atoms with Gasteiger partial charge in [-0.25, -0.2) is 4.79 Å². The predicted molar refractivity (Wildman–Crippen MR) is 79.7 cm³/mol. The highest BCUT2D eigenvalue weighted by Gasteiger charge is 2.02. The Morgan fingerprint density at radius 2 is 1.65 bits per heavy atom. The third kappa shape index (κ3) is 3.48. The highest BCUT2D eigenvalue weighted by Crippen LogP contribution is 2.15. The zero-order valence-corrected chi connectivity index (χ0v) is 11.5. The molecule has 2 aromatic carbocycles. The van der Waals surface area contributed by atoms with Crippen LogP contribution in [0.15, 0.2) is 48.5 Å². The Bertz CT molecular complexity index is 612. The molecule has 0 bridgehead atoms. The molecule has 0 N–H and O–H groups in total. The second-order valence-corrected chi connectivity index (χ2v) is 4.22. The van der Waals surface area contributed by atoms with Crippen molar-refractivity contribution in [1.29, 1.82) is 0 Å². The zero-order chi connectivity index (χ0) is 14.4. The van der Waals surface area contributed by atoms with E-state index in [9.17, 15) is 4.79 Å². The molecule has 0 amide bonds. The van der Waals surface area contributed by atoms with Crippen molar-refractivity contribution in [3.63, 3.8) is 0 Å². The minimum Gasteiger partial charge on any atom is -0.497 e. The van der Waals surface area contributed by atoms with Gasteiger partial charge < -0.3 is 9.47 Å². The van der Waals surface area contributed by atoms with E-state index in [4.69, 9.17) is 4.74 Å². The van der Waals surface area contributed by atoms with E-state index in [2.05, 4.69) is 4.74 Å². The molecule has 0 aliphatic heterocycles. The molecular weight excluding hydrogens is 252 g/mol. The van der Waals surface area contributed by atoms with Crippen molar-refractivity contribution in [3.05, 3.63) is 65.2 Å². The van der Waals surface area contributed by atoms with Gasteiger partial charge in [-0.15, -0.1) is 0 Å². The molecular formula is C17H16O3. The first-order valence-corrected chi connectivity index (χ1v) is 6.23. The lowest BCUT2D eigenvalue weighted by Crippen LogP contribution is -2.00. The van der Waals surface area contributed by atoms with Crippen LogP contribution in [-0.2, 0) is 4.74 Å². The van der Waals surface area contributed by atoms with Gasteiger partial charge in [0, 0.05) is 0 Å². The van der Waals surface area contributed by atoms with Crippen LogP contribution in [0, 0.1) is 0 Å². The minimum absolute atomic E-state index is 0.326. The number of esters is 1. The van der Waals surface area contributed by atoms with Gasteiger partial charge in [0.05, 0.1) is 19.8 Å². The number of hydrogen-bond donors (Lipinski definition) is 0. The Hall–Kier alpha value is -2.55. The van der Waals surface area contributed by atoms with E-state index in [0.29, 0.717) is 5.56 Å². The van der Waals surface area contributed by atoms with Crippen LogP contribution in [0.4, 0.5) is 0 Å². The number of methoxy groups -OCH3 is 2. The summed E-state index contributed by atoms with van der Waals surface area (Å²) in [5, 5.41) is 0. The van der Waals surface area contributed by atoms with Gasteiger partial charge in [0.2, 0.25) is 0 Å². The molecule has 0 aliphatic carbocycles. The molecule has 0 aliphatic rings. The van der Waals surface area contributed by atoms with Crippen molar-refractivity contribution in [3.8, 4) is 5.75 Å². The van der Waals surface area contributed by atoms with Crippen LogP contribution in [0.1, 0.15) is 21.5 Å². The van der Waals surface area contributed by atoms with Crippen LogP contribution in [0.3, 0.4) is 0 Å². The molecule has 2 rings (SSSR count). The lowest BCUT2D eigenvalue weighted by atomic mass is 10.1. The summed E-state index contributed by atoms with van der Waals surface area (Å²) in [6, 6.07) is 15.1. The monoisotopic (exact) mass is 268 g/mol. The predicted octanol–water partition coefficient (Wildman–Crippen LogP) is 3.65. The SMILES string of the molecule is COC(=O)c1ccc(C=Cc2cccc(OC)c2)cc1. The second kappa shape index (κ2) is 6.57. The lowest BCUT2D eigenvalue weighted by Gasteiger charge is -2.01. The summed E-state index contributed by atoms with van der Waals surface area (Å²) in [6.45, 7) is 0. The van der Waals surface area contributed by atoms with Gasteiger partial charge in [-0.05, 0) is 35.4 Å². The van der Waals surface area contributed by atoms with Crippen LogP contribution in [-0.4, -0.2) is 20.2 Å². The van der Waals surface area contributed by atoms with Crippen LogP contribution in [0.25, 0.3) is 12.2 Å². The Kier molecular flexibility index (Phi) is 4.56. The van der Waals surface area contributed by atoms with E-state index in [1.807, 2.05) is 48.6 Å². The molecule has 3 heteroatoms. The fourth-order valence-electron chi connectivity index (χ4n) is 1.79. The largest absolute Gasteiger partial charge is 0.497 e. The third-order valence-electron chi connectivity index (χ3n) is 2.89. The van der Waals surface area contributed by atoms with E-state index in [0.717, 1.165) is 16.9 Å². The quantitative estimate of drug-likeness (QED) is 0.627. The number of rotatable bonds is 4. The number of carbonyl (C=O) groups is 1. The molecule has 0 fully saturated rings. The summed E-state index contributed by atoms with van der Waals surface area (Å²) in [6.07, 6.45) is 3.98. The maximum Gasteiger partial charge on any atom is 0.337 e. The van der Waals surface area contributed by atoms with Crippen molar-refractivity contribution >= 4 is 18.1 Å². The molecule has 20 heavy (non-hydrogen) atoms.